The predicted octanol–water partition coefficient (Wildman–Crippen LogP) is 2.81. The Hall–Kier alpha value is -0.340. The summed E-state index contributed by atoms with van der Waals surface area (Å²) in [4.78, 5) is 2.57. The molecule has 1 fully saturated rings. The molecule has 1 unspecified atom stereocenters. The molecule has 94 valence electrons. The first-order chi connectivity index (χ1) is 7.38. The molecule has 1 heterocycles. The van der Waals surface area contributed by atoms with Gasteiger partial charge in [-0.25, -0.2) is 0 Å². The molecule has 2 heteroatoms. The molecule has 1 N–H and O–H groups in total. The van der Waals surface area contributed by atoms with E-state index in [1.807, 2.05) is 0 Å². The van der Waals surface area contributed by atoms with Gasteiger partial charge in [-0.2, -0.15) is 0 Å². The number of nitrogens with one attached hydrogen (secondary N) is 1. The van der Waals surface area contributed by atoms with Crippen LogP contribution in [-0.2, 0) is 0 Å². The smallest absolute Gasteiger partial charge is 0.0205 e. The lowest BCUT2D eigenvalue weighted by molar-refractivity contribution is 0.173. The van der Waals surface area contributed by atoms with Crippen molar-refractivity contribution in [2.75, 3.05) is 19.6 Å². The van der Waals surface area contributed by atoms with Crippen LogP contribution in [0.25, 0.3) is 0 Å². The van der Waals surface area contributed by atoms with E-state index in [0.29, 0.717) is 0 Å². The molecule has 0 amide bonds. The summed E-state index contributed by atoms with van der Waals surface area (Å²) in [5, 5.41) is 3.50. The van der Waals surface area contributed by atoms with Gasteiger partial charge in [-0.05, 0) is 52.7 Å². The molecule has 0 radical (unpaired) electrons. The molecule has 0 aromatic rings. The van der Waals surface area contributed by atoms with Gasteiger partial charge in [-0.15, -0.1) is 0 Å². The van der Waals surface area contributed by atoms with Crippen LogP contribution in [0.15, 0.2) is 12.2 Å². The van der Waals surface area contributed by atoms with Crippen molar-refractivity contribution in [3.8, 4) is 0 Å². The quantitative estimate of drug-likeness (QED) is 0.739. The highest BCUT2D eigenvalue weighted by Crippen LogP contribution is 2.17. The van der Waals surface area contributed by atoms with Crippen LogP contribution in [0.2, 0.25) is 0 Å². The first-order valence-electron chi connectivity index (χ1n) is 6.54. The second-order valence-corrected chi connectivity index (χ2v) is 6.17. The fraction of sp³-hybridized carbons (Fsp3) is 0.857. The van der Waals surface area contributed by atoms with Crippen molar-refractivity contribution >= 4 is 0 Å². The number of nitrogens with zero attached hydrogens (tertiary/aromatic N) is 1. The molecule has 1 saturated heterocycles. The van der Waals surface area contributed by atoms with Crippen molar-refractivity contribution in [3.63, 3.8) is 0 Å². The van der Waals surface area contributed by atoms with Gasteiger partial charge in [0.1, 0.15) is 0 Å². The van der Waals surface area contributed by atoms with Crippen LogP contribution in [0, 0.1) is 0 Å². The molecule has 0 aromatic heterocycles. The molecule has 1 rings (SSSR count). The Morgan fingerprint density at radius 3 is 2.62 bits per heavy atom. The lowest BCUT2D eigenvalue weighted by Gasteiger charge is -2.34. The summed E-state index contributed by atoms with van der Waals surface area (Å²) in [7, 11) is 0. The molecule has 0 aliphatic carbocycles. The zero-order valence-electron chi connectivity index (χ0n) is 11.5. The van der Waals surface area contributed by atoms with Gasteiger partial charge < -0.3 is 5.32 Å². The molecular weight excluding hydrogens is 196 g/mol. The third-order valence-corrected chi connectivity index (χ3v) is 3.24. The Morgan fingerprint density at radius 1 is 1.38 bits per heavy atom. The van der Waals surface area contributed by atoms with E-state index in [-0.39, 0.29) is 5.54 Å². The normalized spacial score (nSPS) is 23.4. The van der Waals surface area contributed by atoms with Crippen molar-refractivity contribution in [1.29, 1.82) is 0 Å². The van der Waals surface area contributed by atoms with Crippen LogP contribution in [0.4, 0.5) is 0 Å². The first-order valence-corrected chi connectivity index (χ1v) is 6.54. The number of piperidine rings is 1. The van der Waals surface area contributed by atoms with Crippen molar-refractivity contribution in [1.82, 2.24) is 10.2 Å². The van der Waals surface area contributed by atoms with Crippen molar-refractivity contribution in [2.45, 2.75) is 58.5 Å². The van der Waals surface area contributed by atoms with E-state index in [4.69, 9.17) is 0 Å². The maximum atomic E-state index is 4.18. The minimum Gasteiger partial charge on any atom is -0.308 e. The predicted molar refractivity (Wildman–Crippen MR) is 71.8 cm³/mol. The van der Waals surface area contributed by atoms with E-state index < -0.39 is 0 Å². The average molecular weight is 224 g/mol. The number of hydrogen-bond acceptors (Lipinski definition) is 2. The van der Waals surface area contributed by atoms with E-state index in [9.17, 15) is 0 Å². The molecule has 0 bridgehead atoms. The van der Waals surface area contributed by atoms with Gasteiger partial charge in [-0.1, -0.05) is 13.0 Å². The Morgan fingerprint density at radius 2 is 2.06 bits per heavy atom. The summed E-state index contributed by atoms with van der Waals surface area (Å²) in [5.41, 5.74) is 1.50. The average Bonchev–Trinajstić information content (AvgIpc) is 2.18. The maximum absolute atomic E-state index is 4.18. The van der Waals surface area contributed by atoms with E-state index in [0.717, 1.165) is 19.1 Å². The number of rotatable bonds is 4. The molecule has 1 aliphatic rings. The third-order valence-electron chi connectivity index (χ3n) is 3.24. The molecule has 2 nitrogen and oxygen atoms in total. The Labute approximate surface area is 101 Å². The van der Waals surface area contributed by atoms with Crippen molar-refractivity contribution in [3.05, 3.63) is 12.2 Å². The van der Waals surface area contributed by atoms with Gasteiger partial charge in [0.25, 0.3) is 0 Å². The summed E-state index contributed by atoms with van der Waals surface area (Å²) < 4.78 is 0. The van der Waals surface area contributed by atoms with Gasteiger partial charge in [0.15, 0.2) is 0 Å². The van der Waals surface area contributed by atoms with Gasteiger partial charge in [0.05, 0.1) is 0 Å². The van der Waals surface area contributed by atoms with E-state index >= 15 is 0 Å². The van der Waals surface area contributed by atoms with Crippen molar-refractivity contribution in [2.24, 2.45) is 0 Å². The van der Waals surface area contributed by atoms with Crippen LogP contribution in [0.3, 0.4) is 0 Å². The zero-order chi connectivity index (χ0) is 12.2. The lowest BCUT2D eigenvalue weighted by Crippen LogP contribution is -2.42. The van der Waals surface area contributed by atoms with Crippen LogP contribution in [-0.4, -0.2) is 36.1 Å². The van der Waals surface area contributed by atoms with Gasteiger partial charge in [0, 0.05) is 24.7 Å². The molecule has 16 heavy (non-hydrogen) atoms. The largest absolute Gasteiger partial charge is 0.308 e. The number of hydrogen-bond donors (Lipinski definition) is 1. The molecular formula is C14H28N2. The monoisotopic (exact) mass is 224 g/mol. The molecule has 0 aromatic carbocycles. The topological polar surface area (TPSA) is 15.3 Å². The number of likely N-dealkylation sites (tertiary alicyclic amines) is 1. The van der Waals surface area contributed by atoms with E-state index in [2.05, 4.69) is 44.5 Å². The summed E-state index contributed by atoms with van der Waals surface area (Å²) in [6.45, 7) is 16.4. The third kappa shape index (κ3) is 5.13. The first kappa shape index (κ1) is 13.7. The van der Waals surface area contributed by atoms with Gasteiger partial charge in [-0.3, -0.25) is 4.90 Å². The summed E-state index contributed by atoms with van der Waals surface area (Å²) in [6, 6.07) is 0.736. The highest BCUT2D eigenvalue weighted by Gasteiger charge is 2.18. The van der Waals surface area contributed by atoms with Crippen molar-refractivity contribution < 1.29 is 0 Å². The maximum Gasteiger partial charge on any atom is 0.0205 e. The molecule has 1 atom stereocenters. The Balaban J connectivity index is 2.28. The second-order valence-electron chi connectivity index (χ2n) is 6.17. The Kier molecular flexibility index (Phi) is 5.00. The minimum absolute atomic E-state index is 0.191. The van der Waals surface area contributed by atoms with Gasteiger partial charge in [0.2, 0.25) is 0 Å². The molecule has 0 spiro atoms. The SMILES string of the molecule is C=C(CNC(C)(C)C)CN1CCCCC1C. The van der Waals surface area contributed by atoms with Crippen LogP contribution < -0.4 is 5.32 Å². The fourth-order valence-corrected chi connectivity index (χ4v) is 2.13. The summed E-state index contributed by atoms with van der Waals surface area (Å²) in [6.07, 6.45) is 4.09. The van der Waals surface area contributed by atoms with Crippen LogP contribution in [0.5, 0.6) is 0 Å². The van der Waals surface area contributed by atoms with Crippen LogP contribution >= 0.6 is 0 Å². The van der Waals surface area contributed by atoms with E-state index in [1.165, 1.54) is 31.4 Å². The highest BCUT2D eigenvalue weighted by atomic mass is 15.2. The minimum atomic E-state index is 0.191. The van der Waals surface area contributed by atoms with E-state index in [1.54, 1.807) is 0 Å². The zero-order valence-corrected chi connectivity index (χ0v) is 11.5. The highest BCUT2D eigenvalue weighted by molar-refractivity contribution is 5.02. The molecule has 1 aliphatic heterocycles. The Bertz CT molecular complexity index is 227. The standard InChI is InChI=1S/C14H28N2/c1-12(10-15-14(3,4)5)11-16-9-7-6-8-13(16)2/h13,15H,1,6-11H2,2-5H3. The van der Waals surface area contributed by atoms with Crippen LogP contribution in [0.1, 0.15) is 47.0 Å². The second kappa shape index (κ2) is 5.83. The van der Waals surface area contributed by atoms with Gasteiger partial charge >= 0.3 is 0 Å². The summed E-state index contributed by atoms with van der Waals surface area (Å²) in [5.74, 6) is 0. The molecule has 0 saturated carbocycles. The summed E-state index contributed by atoms with van der Waals surface area (Å²) >= 11 is 0. The lowest BCUT2D eigenvalue weighted by atomic mass is 10.0. The fourth-order valence-electron chi connectivity index (χ4n) is 2.13.